The van der Waals surface area contributed by atoms with Crippen LogP contribution in [0.1, 0.15) is 18.1 Å². The van der Waals surface area contributed by atoms with Crippen LogP contribution in [0.2, 0.25) is 0 Å². The van der Waals surface area contributed by atoms with Crippen LogP contribution in [0.4, 0.5) is 0 Å². The van der Waals surface area contributed by atoms with Crippen molar-refractivity contribution in [2.24, 2.45) is 0 Å². The van der Waals surface area contributed by atoms with E-state index in [0.29, 0.717) is 12.2 Å². The maximum Gasteiger partial charge on any atom is 0.232 e. The molecule has 0 N–H and O–H groups in total. The lowest BCUT2D eigenvalue weighted by molar-refractivity contribution is 0.174. The van der Waals surface area contributed by atoms with E-state index < -0.39 is 9.05 Å². The molecule has 0 aromatic heterocycles. The van der Waals surface area contributed by atoms with Crippen molar-refractivity contribution >= 4 is 19.7 Å². The van der Waals surface area contributed by atoms with E-state index in [0.717, 1.165) is 23.3 Å². The highest BCUT2D eigenvalue weighted by molar-refractivity contribution is 8.13. The Balaban J connectivity index is 2.26. The Morgan fingerprint density at radius 3 is 2.35 bits per heavy atom. The molecule has 0 amide bonds. The Bertz CT molecular complexity index is 525. The van der Waals surface area contributed by atoms with Gasteiger partial charge in [-0.3, -0.25) is 0 Å². The average Bonchev–Trinajstić information content (AvgIpc) is 2.70. The van der Waals surface area contributed by atoms with Crippen LogP contribution in [0, 0.1) is 0 Å². The van der Waals surface area contributed by atoms with Crippen LogP contribution in [0.3, 0.4) is 0 Å². The standard InChI is InChI=1S/C11H13ClO4S/c1-2-8-5-10-11(16-7-15-10)6-9(8)3-4-17(12,13)14/h5-6H,2-4,7H2,1H3. The summed E-state index contributed by atoms with van der Waals surface area (Å²) in [5, 5.41) is 0. The Morgan fingerprint density at radius 1 is 1.24 bits per heavy atom. The van der Waals surface area contributed by atoms with Gasteiger partial charge in [0.1, 0.15) is 0 Å². The summed E-state index contributed by atoms with van der Waals surface area (Å²) in [4.78, 5) is 0. The minimum atomic E-state index is -3.46. The summed E-state index contributed by atoms with van der Waals surface area (Å²) in [6.45, 7) is 2.23. The summed E-state index contributed by atoms with van der Waals surface area (Å²) in [5.41, 5.74) is 2.01. The highest BCUT2D eigenvalue weighted by atomic mass is 35.7. The third-order valence-electron chi connectivity index (χ3n) is 2.69. The summed E-state index contributed by atoms with van der Waals surface area (Å²) in [6.07, 6.45) is 1.21. The van der Waals surface area contributed by atoms with Crippen molar-refractivity contribution in [2.75, 3.05) is 12.5 Å². The lowest BCUT2D eigenvalue weighted by atomic mass is 10.0. The maximum absolute atomic E-state index is 10.9. The molecule has 0 aliphatic carbocycles. The van der Waals surface area contributed by atoms with E-state index in [4.69, 9.17) is 20.2 Å². The molecule has 1 aromatic carbocycles. The van der Waals surface area contributed by atoms with E-state index in [1.807, 2.05) is 19.1 Å². The molecule has 1 aromatic rings. The molecule has 0 unspecified atom stereocenters. The quantitative estimate of drug-likeness (QED) is 0.790. The Morgan fingerprint density at radius 2 is 1.82 bits per heavy atom. The van der Waals surface area contributed by atoms with E-state index in [9.17, 15) is 8.42 Å². The molecule has 17 heavy (non-hydrogen) atoms. The maximum atomic E-state index is 10.9. The van der Waals surface area contributed by atoms with Gasteiger partial charge in [-0.25, -0.2) is 8.42 Å². The van der Waals surface area contributed by atoms with Gasteiger partial charge in [-0.1, -0.05) is 6.92 Å². The van der Waals surface area contributed by atoms with E-state index in [2.05, 4.69) is 0 Å². The molecular formula is C11H13ClO4S. The fourth-order valence-corrected chi connectivity index (χ4v) is 2.52. The monoisotopic (exact) mass is 276 g/mol. The van der Waals surface area contributed by atoms with Gasteiger partial charge in [0.05, 0.1) is 5.75 Å². The molecule has 2 rings (SSSR count). The second kappa shape index (κ2) is 4.74. The third-order valence-corrected chi connectivity index (χ3v) is 3.85. The fraction of sp³-hybridized carbons (Fsp3) is 0.455. The first kappa shape index (κ1) is 12.5. The van der Waals surface area contributed by atoms with Crippen LogP contribution < -0.4 is 9.47 Å². The van der Waals surface area contributed by atoms with Crippen molar-refractivity contribution < 1.29 is 17.9 Å². The number of ether oxygens (including phenoxy) is 2. The van der Waals surface area contributed by atoms with Crippen molar-refractivity contribution in [2.45, 2.75) is 19.8 Å². The second-order valence-corrected chi connectivity index (χ2v) is 6.72. The van der Waals surface area contributed by atoms with E-state index >= 15 is 0 Å². The molecule has 0 radical (unpaired) electrons. The van der Waals surface area contributed by atoms with Gasteiger partial charge in [0.2, 0.25) is 15.8 Å². The number of aryl methyl sites for hydroxylation is 2. The Kier molecular flexibility index (Phi) is 3.49. The molecule has 0 saturated heterocycles. The minimum Gasteiger partial charge on any atom is -0.454 e. The van der Waals surface area contributed by atoms with Crippen molar-refractivity contribution in [3.8, 4) is 11.5 Å². The number of halogens is 1. The predicted molar refractivity (Wildman–Crippen MR) is 65.3 cm³/mol. The molecule has 1 aliphatic rings. The van der Waals surface area contributed by atoms with E-state index in [-0.39, 0.29) is 12.5 Å². The molecule has 94 valence electrons. The number of hydrogen-bond donors (Lipinski definition) is 0. The zero-order valence-electron chi connectivity index (χ0n) is 9.40. The van der Waals surface area contributed by atoms with Gasteiger partial charge in [-0.05, 0) is 36.1 Å². The number of rotatable bonds is 4. The van der Waals surface area contributed by atoms with Gasteiger partial charge in [-0.15, -0.1) is 0 Å². The van der Waals surface area contributed by atoms with Crippen LogP contribution >= 0.6 is 10.7 Å². The molecular weight excluding hydrogens is 264 g/mol. The summed E-state index contributed by atoms with van der Waals surface area (Å²) < 4.78 is 32.4. The Hall–Kier alpha value is -0.940. The third kappa shape index (κ3) is 3.04. The summed E-state index contributed by atoms with van der Waals surface area (Å²) in [5.74, 6) is 1.32. The molecule has 0 atom stereocenters. The topological polar surface area (TPSA) is 52.6 Å². The summed E-state index contributed by atoms with van der Waals surface area (Å²) >= 11 is 0. The highest BCUT2D eigenvalue weighted by Gasteiger charge is 2.17. The molecule has 1 aliphatic heterocycles. The predicted octanol–water partition coefficient (Wildman–Crippen LogP) is 2.09. The lowest BCUT2D eigenvalue weighted by Crippen LogP contribution is -2.03. The molecule has 0 saturated carbocycles. The normalized spacial score (nSPS) is 14.0. The first-order valence-electron chi connectivity index (χ1n) is 5.33. The van der Waals surface area contributed by atoms with Gasteiger partial charge in [-0.2, -0.15) is 0 Å². The Labute approximate surface area is 105 Å². The van der Waals surface area contributed by atoms with Crippen LogP contribution in [0.5, 0.6) is 11.5 Å². The van der Waals surface area contributed by atoms with Crippen molar-refractivity contribution in [3.63, 3.8) is 0 Å². The highest BCUT2D eigenvalue weighted by Crippen LogP contribution is 2.35. The molecule has 0 fully saturated rings. The zero-order valence-corrected chi connectivity index (χ0v) is 11.0. The van der Waals surface area contributed by atoms with Crippen molar-refractivity contribution in [3.05, 3.63) is 23.3 Å². The first-order chi connectivity index (χ1) is 7.99. The smallest absolute Gasteiger partial charge is 0.232 e. The van der Waals surface area contributed by atoms with Gasteiger partial charge in [0, 0.05) is 10.7 Å². The fourth-order valence-electron chi connectivity index (χ4n) is 1.82. The van der Waals surface area contributed by atoms with Gasteiger partial charge in [0.25, 0.3) is 0 Å². The largest absolute Gasteiger partial charge is 0.454 e. The first-order valence-corrected chi connectivity index (χ1v) is 7.81. The molecule has 1 heterocycles. The molecule has 4 nitrogen and oxygen atoms in total. The van der Waals surface area contributed by atoms with Crippen molar-refractivity contribution in [1.29, 1.82) is 0 Å². The SMILES string of the molecule is CCc1cc2c(cc1CCS(=O)(=O)Cl)OCO2. The summed E-state index contributed by atoms with van der Waals surface area (Å²) in [6, 6.07) is 3.74. The average molecular weight is 277 g/mol. The lowest BCUT2D eigenvalue weighted by Gasteiger charge is -2.08. The van der Waals surface area contributed by atoms with Crippen LogP contribution in [0.25, 0.3) is 0 Å². The van der Waals surface area contributed by atoms with Gasteiger partial charge >= 0.3 is 0 Å². The van der Waals surface area contributed by atoms with E-state index in [1.54, 1.807) is 0 Å². The zero-order chi connectivity index (χ0) is 12.5. The van der Waals surface area contributed by atoms with E-state index in [1.165, 1.54) is 0 Å². The second-order valence-electron chi connectivity index (χ2n) is 3.82. The van der Waals surface area contributed by atoms with Gasteiger partial charge < -0.3 is 9.47 Å². The minimum absolute atomic E-state index is 0.0683. The molecule has 0 bridgehead atoms. The van der Waals surface area contributed by atoms with Crippen molar-refractivity contribution in [1.82, 2.24) is 0 Å². The molecule has 0 spiro atoms. The van der Waals surface area contributed by atoms with Crippen LogP contribution in [-0.4, -0.2) is 21.0 Å². The van der Waals surface area contributed by atoms with Gasteiger partial charge in [0.15, 0.2) is 11.5 Å². The number of benzene rings is 1. The van der Waals surface area contributed by atoms with Crippen LogP contribution in [-0.2, 0) is 21.9 Å². The molecule has 6 heteroatoms. The number of hydrogen-bond acceptors (Lipinski definition) is 4. The van der Waals surface area contributed by atoms with Crippen LogP contribution in [0.15, 0.2) is 12.1 Å². The summed E-state index contributed by atoms with van der Waals surface area (Å²) in [7, 11) is 1.75. The number of fused-ring (bicyclic) bond motifs is 1.